The zero-order valence-corrected chi connectivity index (χ0v) is 11.7. The van der Waals surface area contributed by atoms with Gasteiger partial charge in [-0.25, -0.2) is 4.39 Å². The number of aryl methyl sites for hydroxylation is 1. The Kier molecular flexibility index (Phi) is 5.81. The summed E-state index contributed by atoms with van der Waals surface area (Å²) in [6, 6.07) is 14.5. The van der Waals surface area contributed by atoms with E-state index < -0.39 is 5.82 Å². The summed E-state index contributed by atoms with van der Waals surface area (Å²) in [5.41, 5.74) is 1.76. The summed E-state index contributed by atoms with van der Waals surface area (Å²) in [4.78, 5) is 0. The molecule has 0 fully saturated rings. The van der Waals surface area contributed by atoms with Gasteiger partial charge in [0.2, 0.25) is 0 Å². The van der Waals surface area contributed by atoms with Gasteiger partial charge in [-0.3, -0.25) is 0 Å². The first-order valence-corrected chi connectivity index (χ1v) is 6.85. The summed E-state index contributed by atoms with van der Waals surface area (Å²) in [6.07, 6.45) is 1.78. The topological polar surface area (TPSA) is 29.5 Å². The first kappa shape index (κ1) is 15.1. The van der Waals surface area contributed by atoms with E-state index in [1.165, 1.54) is 17.7 Å². The van der Waals surface area contributed by atoms with Crippen LogP contribution in [0.1, 0.15) is 17.5 Å². The van der Waals surface area contributed by atoms with Crippen molar-refractivity contribution >= 4 is 0 Å². The van der Waals surface area contributed by atoms with Crippen molar-refractivity contribution < 1.29 is 14.2 Å². The van der Waals surface area contributed by atoms with E-state index in [0.717, 1.165) is 12.8 Å². The Morgan fingerprint density at radius 3 is 2.67 bits per heavy atom. The van der Waals surface area contributed by atoms with E-state index in [1.54, 1.807) is 6.07 Å². The van der Waals surface area contributed by atoms with E-state index in [-0.39, 0.29) is 6.61 Å². The lowest BCUT2D eigenvalue weighted by atomic mass is 10.1. The summed E-state index contributed by atoms with van der Waals surface area (Å²) in [6.45, 7) is 0.273. The molecule has 0 aromatic heterocycles. The smallest absolute Gasteiger partial charge is 0.128 e. The van der Waals surface area contributed by atoms with Crippen LogP contribution < -0.4 is 4.74 Å². The molecule has 2 aromatic rings. The Bertz CT molecular complexity index is 627. The highest BCUT2D eigenvalue weighted by Gasteiger charge is 2.01. The van der Waals surface area contributed by atoms with E-state index >= 15 is 0 Å². The number of hydrogen-bond donors (Lipinski definition) is 1. The summed E-state index contributed by atoms with van der Waals surface area (Å²) >= 11 is 0. The molecule has 0 heterocycles. The standard InChI is InChI=1S/C18H17FO2/c19-17-12-16(8-4-10-20)13-18(14-17)21-11-5-9-15-6-2-1-3-7-15/h1-3,6-7,12-14,20H,5,9-11H2. The van der Waals surface area contributed by atoms with Crippen LogP contribution in [0.5, 0.6) is 5.75 Å². The molecule has 1 N–H and O–H groups in total. The van der Waals surface area contributed by atoms with Crippen LogP contribution in [0.3, 0.4) is 0 Å². The second-order valence-electron chi connectivity index (χ2n) is 4.57. The maximum Gasteiger partial charge on any atom is 0.128 e. The zero-order valence-electron chi connectivity index (χ0n) is 11.7. The van der Waals surface area contributed by atoms with Crippen molar-refractivity contribution in [2.75, 3.05) is 13.2 Å². The fraction of sp³-hybridized carbons (Fsp3) is 0.222. The average Bonchev–Trinajstić information content (AvgIpc) is 2.50. The fourth-order valence-electron chi connectivity index (χ4n) is 1.97. The molecular weight excluding hydrogens is 267 g/mol. The lowest BCUT2D eigenvalue weighted by Gasteiger charge is -2.07. The summed E-state index contributed by atoms with van der Waals surface area (Å²) in [7, 11) is 0. The minimum Gasteiger partial charge on any atom is -0.493 e. The van der Waals surface area contributed by atoms with Gasteiger partial charge in [0.15, 0.2) is 0 Å². The van der Waals surface area contributed by atoms with Crippen molar-refractivity contribution in [3.05, 3.63) is 65.5 Å². The third-order valence-corrected chi connectivity index (χ3v) is 2.90. The maximum atomic E-state index is 13.4. The molecule has 0 aliphatic rings. The number of aliphatic hydroxyl groups excluding tert-OH is 1. The molecule has 0 aliphatic carbocycles. The van der Waals surface area contributed by atoms with Crippen molar-refractivity contribution in [1.82, 2.24) is 0 Å². The molecule has 0 unspecified atom stereocenters. The molecule has 21 heavy (non-hydrogen) atoms. The fourth-order valence-corrected chi connectivity index (χ4v) is 1.97. The van der Waals surface area contributed by atoms with Crippen molar-refractivity contribution in [3.8, 4) is 17.6 Å². The van der Waals surface area contributed by atoms with Crippen molar-refractivity contribution in [2.24, 2.45) is 0 Å². The van der Waals surface area contributed by atoms with Crippen LogP contribution in [0.2, 0.25) is 0 Å². The first-order valence-electron chi connectivity index (χ1n) is 6.85. The Hall–Kier alpha value is -2.31. The molecule has 3 heteroatoms. The van der Waals surface area contributed by atoms with Crippen LogP contribution >= 0.6 is 0 Å². The molecule has 0 saturated carbocycles. The Morgan fingerprint density at radius 2 is 1.90 bits per heavy atom. The van der Waals surface area contributed by atoms with Crippen molar-refractivity contribution in [1.29, 1.82) is 0 Å². The Morgan fingerprint density at radius 1 is 1.10 bits per heavy atom. The largest absolute Gasteiger partial charge is 0.493 e. The third-order valence-electron chi connectivity index (χ3n) is 2.90. The molecule has 108 valence electrons. The van der Waals surface area contributed by atoms with Gasteiger partial charge in [0.05, 0.1) is 6.61 Å². The zero-order chi connectivity index (χ0) is 14.9. The molecule has 0 spiro atoms. The third kappa shape index (κ3) is 5.29. The Labute approximate surface area is 124 Å². The van der Waals surface area contributed by atoms with Gasteiger partial charge in [-0.2, -0.15) is 0 Å². The van der Waals surface area contributed by atoms with Gasteiger partial charge in [0, 0.05) is 11.6 Å². The van der Waals surface area contributed by atoms with E-state index in [1.807, 2.05) is 18.2 Å². The average molecular weight is 284 g/mol. The van der Waals surface area contributed by atoms with Crippen LogP contribution in [-0.4, -0.2) is 18.3 Å². The molecule has 2 nitrogen and oxygen atoms in total. The first-order chi connectivity index (χ1) is 10.3. The van der Waals surface area contributed by atoms with Crippen LogP contribution in [-0.2, 0) is 6.42 Å². The molecular formula is C18H17FO2. The van der Waals surface area contributed by atoms with Gasteiger partial charge in [-0.1, -0.05) is 42.2 Å². The van der Waals surface area contributed by atoms with E-state index in [2.05, 4.69) is 24.0 Å². The number of benzene rings is 2. The van der Waals surface area contributed by atoms with Gasteiger partial charge in [0.1, 0.15) is 18.2 Å². The number of aliphatic hydroxyl groups is 1. The maximum absolute atomic E-state index is 13.4. The second-order valence-corrected chi connectivity index (χ2v) is 4.57. The monoisotopic (exact) mass is 284 g/mol. The molecule has 2 rings (SSSR count). The summed E-state index contributed by atoms with van der Waals surface area (Å²) < 4.78 is 19.0. The van der Waals surface area contributed by atoms with Gasteiger partial charge in [-0.15, -0.1) is 0 Å². The SMILES string of the molecule is OCC#Cc1cc(F)cc(OCCCc2ccccc2)c1. The van der Waals surface area contributed by atoms with Gasteiger partial charge in [0.25, 0.3) is 0 Å². The minimum atomic E-state index is -0.391. The predicted molar refractivity (Wildman–Crippen MR) is 80.6 cm³/mol. The van der Waals surface area contributed by atoms with Crippen LogP contribution in [0.25, 0.3) is 0 Å². The van der Waals surface area contributed by atoms with Gasteiger partial charge in [-0.05, 0) is 30.5 Å². The van der Waals surface area contributed by atoms with E-state index in [4.69, 9.17) is 9.84 Å². The number of rotatable bonds is 5. The number of hydrogen-bond acceptors (Lipinski definition) is 2. The molecule has 0 amide bonds. The minimum absolute atomic E-state index is 0.246. The quantitative estimate of drug-likeness (QED) is 0.675. The Balaban J connectivity index is 1.86. The highest BCUT2D eigenvalue weighted by Crippen LogP contribution is 2.16. The van der Waals surface area contributed by atoms with Crippen LogP contribution in [0.15, 0.2) is 48.5 Å². The molecule has 0 radical (unpaired) electrons. The molecule has 0 atom stereocenters. The van der Waals surface area contributed by atoms with Gasteiger partial charge >= 0.3 is 0 Å². The molecule has 0 bridgehead atoms. The number of ether oxygens (including phenoxy) is 1. The predicted octanol–water partition coefficient (Wildman–Crippen LogP) is 3.18. The highest BCUT2D eigenvalue weighted by molar-refractivity contribution is 5.40. The lowest BCUT2D eigenvalue weighted by molar-refractivity contribution is 0.309. The van der Waals surface area contributed by atoms with Crippen molar-refractivity contribution in [2.45, 2.75) is 12.8 Å². The molecule has 2 aromatic carbocycles. The van der Waals surface area contributed by atoms with Crippen molar-refractivity contribution in [3.63, 3.8) is 0 Å². The van der Waals surface area contributed by atoms with Crippen LogP contribution in [0, 0.1) is 17.7 Å². The van der Waals surface area contributed by atoms with Crippen LogP contribution in [0.4, 0.5) is 4.39 Å². The van der Waals surface area contributed by atoms with E-state index in [9.17, 15) is 4.39 Å². The molecule has 0 aliphatic heterocycles. The van der Waals surface area contributed by atoms with Gasteiger partial charge < -0.3 is 9.84 Å². The normalized spacial score (nSPS) is 9.81. The summed E-state index contributed by atoms with van der Waals surface area (Å²) in [5.74, 6) is 5.24. The second kappa shape index (κ2) is 8.08. The highest BCUT2D eigenvalue weighted by atomic mass is 19.1. The molecule has 0 saturated heterocycles. The lowest BCUT2D eigenvalue weighted by Crippen LogP contribution is -2.00. The number of halogens is 1. The van der Waals surface area contributed by atoms with E-state index in [0.29, 0.717) is 17.9 Å². The summed E-state index contributed by atoms with van der Waals surface area (Å²) in [5, 5.41) is 8.65.